The van der Waals surface area contributed by atoms with Gasteiger partial charge in [0.25, 0.3) is 0 Å². The minimum Gasteiger partial charge on any atom is -0.240 e. The first-order chi connectivity index (χ1) is 15.5. The maximum Gasteiger partial charge on any atom is 0.247 e. The Morgan fingerprint density at radius 2 is 1.44 bits per heavy atom. The molecule has 4 aromatic rings. The molecule has 160 valence electrons. The van der Waals surface area contributed by atoms with E-state index in [0.29, 0.717) is 12.1 Å². The first-order valence-electron chi connectivity index (χ1n) is 10.3. The zero-order valence-corrected chi connectivity index (χ0v) is 18.4. The third-order valence-electron chi connectivity index (χ3n) is 5.49. The monoisotopic (exact) mass is 442 g/mol. The highest BCUT2D eigenvalue weighted by molar-refractivity contribution is 7.88. The van der Waals surface area contributed by atoms with Crippen LogP contribution in [-0.2, 0) is 10.0 Å². The maximum absolute atomic E-state index is 12.6. The van der Waals surface area contributed by atoms with Crippen molar-refractivity contribution < 1.29 is 8.42 Å². The second-order valence-corrected chi connectivity index (χ2v) is 9.59. The Morgan fingerprint density at radius 1 is 0.844 bits per heavy atom. The van der Waals surface area contributed by atoms with Crippen molar-refractivity contribution in [2.45, 2.75) is 12.5 Å². The number of rotatable bonds is 5. The van der Waals surface area contributed by atoms with Crippen LogP contribution >= 0.6 is 0 Å². The lowest BCUT2D eigenvalue weighted by Crippen LogP contribution is -2.25. The Kier molecular flexibility index (Phi) is 5.11. The van der Waals surface area contributed by atoms with Gasteiger partial charge in [-0.25, -0.2) is 13.1 Å². The van der Waals surface area contributed by atoms with Gasteiger partial charge < -0.3 is 0 Å². The third kappa shape index (κ3) is 3.83. The first-order valence-corrected chi connectivity index (χ1v) is 12.2. The molecule has 0 unspecified atom stereocenters. The molecule has 0 fully saturated rings. The van der Waals surface area contributed by atoms with Crippen LogP contribution in [0.15, 0.2) is 102 Å². The number of hydrazone groups is 1. The van der Waals surface area contributed by atoms with Gasteiger partial charge in [-0.15, -0.1) is 0 Å². The molecule has 0 spiro atoms. The van der Waals surface area contributed by atoms with Gasteiger partial charge in [-0.3, -0.25) is 0 Å². The van der Waals surface area contributed by atoms with E-state index in [9.17, 15) is 8.42 Å². The number of hydrogen-bond donors (Lipinski definition) is 0. The van der Waals surface area contributed by atoms with Crippen molar-refractivity contribution in [2.24, 2.45) is 5.10 Å². The molecular weight excluding hydrogens is 420 g/mol. The highest BCUT2D eigenvalue weighted by Gasteiger charge is 2.35. The minimum absolute atomic E-state index is 0.384. The Balaban J connectivity index is 1.64. The van der Waals surface area contributed by atoms with Crippen molar-refractivity contribution in [3.63, 3.8) is 0 Å². The molecular formula is C25H22N4O2S. The van der Waals surface area contributed by atoms with E-state index in [1.54, 1.807) is 0 Å². The van der Waals surface area contributed by atoms with Crippen molar-refractivity contribution in [3.05, 3.63) is 108 Å². The van der Waals surface area contributed by atoms with Crippen LogP contribution in [0.25, 0.3) is 16.9 Å². The molecule has 3 aromatic carbocycles. The number of hydrogen-bond acceptors (Lipinski definition) is 4. The predicted octanol–water partition coefficient (Wildman–Crippen LogP) is 4.65. The molecule has 1 aliphatic heterocycles. The summed E-state index contributed by atoms with van der Waals surface area (Å²) in [6.45, 7) is 0. The fourth-order valence-electron chi connectivity index (χ4n) is 3.99. The Bertz CT molecular complexity index is 1370. The van der Waals surface area contributed by atoms with E-state index in [4.69, 9.17) is 5.10 Å². The number of nitrogens with zero attached hydrogens (tertiary/aromatic N) is 4. The van der Waals surface area contributed by atoms with Crippen LogP contribution in [0.3, 0.4) is 0 Å². The van der Waals surface area contributed by atoms with E-state index in [-0.39, 0.29) is 6.04 Å². The molecule has 0 bridgehead atoms. The summed E-state index contributed by atoms with van der Waals surface area (Å²) in [6.07, 6.45) is 3.60. The molecule has 0 aliphatic carbocycles. The molecule has 0 radical (unpaired) electrons. The Labute approximate surface area is 187 Å². The molecule has 1 atom stereocenters. The maximum atomic E-state index is 12.6. The third-order valence-corrected chi connectivity index (χ3v) is 6.51. The molecule has 6 nitrogen and oxygen atoms in total. The molecule has 0 saturated heterocycles. The van der Waals surface area contributed by atoms with E-state index in [1.165, 1.54) is 10.7 Å². The molecule has 5 rings (SSSR count). The average molecular weight is 443 g/mol. The molecule has 0 amide bonds. The van der Waals surface area contributed by atoms with Gasteiger partial charge in [-0.2, -0.15) is 14.6 Å². The zero-order chi connectivity index (χ0) is 22.1. The van der Waals surface area contributed by atoms with Gasteiger partial charge in [0, 0.05) is 23.7 Å². The van der Waals surface area contributed by atoms with Gasteiger partial charge in [0.2, 0.25) is 10.0 Å². The van der Waals surface area contributed by atoms with E-state index < -0.39 is 10.0 Å². The van der Waals surface area contributed by atoms with Crippen LogP contribution < -0.4 is 0 Å². The smallest absolute Gasteiger partial charge is 0.240 e. The van der Waals surface area contributed by atoms with Gasteiger partial charge in [0.1, 0.15) is 5.69 Å². The topological polar surface area (TPSA) is 67.6 Å². The van der Waals surface area contributed by atoms with Crippen LogP contribution in [0.5, 0.6) is 0 Å². The summed E-state index contributed by atoms with van der Waals surface area (Å²) in [4.78, 5) is 0. The van der Waals surface area contributed by atoms with Crippen molar-refractivity contribution >= 4 is 15.7 Å². The molecule has 32 heavy (non-hydrogen) atoms. The average Bonchev–Trinajstić information content (AvgIpc) is 3.46. The number of benzene rings is 3. The van der Waals surface area contributed by atoms with E-state index in [2.05, 4.69) is 5.10 Å². The Hall–Kier alpha value is -3.71. The van der Waals surface area contributed by atoms with Crippen LogP contribution in [-0.4, -0.2) is 34.6 Å². The van der Waals surface area contributed by atoms with Crippen molar-refractivity contribution in [1.29, 1.82) is 0 Å². The molecule has 0 saturated carbocycles. The number of aromatic nitrogens is 2. The summed E-state index contributed by atoms with van der Waals surface area (Å²) < 4.78 is 28.2. The summed E-state index contributed by atoms with van der Waals surface area (Å²) in [5.41, 5.74) is 5.09. The minimum atomic E-state index is -3.54. The quantitative estimate of drug-likeness (QED) is 0.452. The SMILES string of the molecule is CS(=O)(=O)N1N=C(c2cn(-c3ccccc3)nc2-c2ccccc2)C[C@@H]1c1ccccc1. The summed E-state index contributed by atoms with van der Waals surface area (Å²) in [5.74, 6) is 0. The normalized spacial score (nSPS) is 16.2. The lowest BCUT2D eigenvalue weighted by atomic mass is 9.98. The van der Waals surface area contributed by atoms with Gasteiger partial charge in [-0.05, 0) is 17.7 Å². The molecule has 0 N–H and O–H groups in total. The predicted molar refractivity (Wildman–Crippen MR) is 126 cm³/mol. The summed E-state index contributed by atoms with van der Waals surface area (Å²) in [6, 6.07) is 29.0. The number of sulfonamides is 1. The van der Waals surface area contributed by atoms with Gasteiger partial charge in [0.05, 0.1) is 23.7 Å². The zero-order valence-electron chi connectivity index (χ0n) is 17.5. The van der Waals surface area contributed by atoms with Crippen LogP contribution in [0.1, 0.15) is 23.6 Å². The number of para-hydroxylation sites is 1. The van der Waals surface area contributed by atoms with Crippen molar-refractivity contribution in [1.82, 2.24) is 14.2 Å². The van der Waals surface area contributed by atoms with E-state index in [1.807, 2.05) is 102 Å². The van der Waals surface area contributed by atoms with E-state index in [0.717, 1.165) is 28.1 Å². The van der Waals surface area contributed by atoms with Crippen LogP contribution in [0, 0.1) is 0 Å². The lowest BCUT2D eigenvalue weighted by Gasteiger charge is -2.21. The highest BCUT2D eigenvalue weighted by atomic mass is 32.2. The standard InChI is InChI=1S/C25H22N4O2S/c1-32(30,31)29-24(19-11-5-2-6-12-19)17-23(26-29)22-18-28(21-15-9-4-10-16-21)27-25(22)20-13-7-3-8-14-20/h2-16,18,24H,17H2,1H3/t24-/m1/s1. The first kappa shape index (κ1) is 20.2. The molecule has 1 aliphatic rings. The van der Waals surface area contributed by atoms with Gasteiger partial charge >= 0.3 is 0 Å². The lowest BCUT2D eigenvalue weighted by molar-refractivity contribution is 0.375. The Morgan fingerprint density at radius 3 is 2.06 bits per heavy atom. The van der Waals surface area contributed by atoms with Gasteiger partial charge in [0.15, 0.2) is 0 Å². The summed E-state index contributed by atoms with van der Waals surface area (Å²) in [7, 11) is -3.54. The van der Waals surface area contributed by atoms with Crippen molar-refractivity contribution in [3.8, 4) is 16.9 Å². The van der Waals surface area contributed by atoms with E-state index >= 15 is 0 Å². The fraction of sp³-hybridized carbons (Fsp3) is 0.120. The largest absolute Gasteiger partial charge is 0.247 e. The molecule has 1 aromatic heterocycles. The van der Waals surface area contributed by atoms with Crippen molar-refractivity contribution in [2.75, 3.05) is 6.26 Å². The highest BCUT2D eigenvalue weighted by Crippen LogP contribution is 2.36. The van der Waals surface area contributed by atoms with Gasteiger partial charge in [-0.1, -0.05) is 78.9 Å². The second kappa shape index (κ2) is 8.09. The van der Waals surface area contributed by atoms with Crippen LogP contribution in [0.4, 0.5) is 0 Å². The van der Waals surface area contributed by atoms with Crippen LogP contribution in [0.2, 0.25) is 0 Å². The summed E-state index contributed by atoms with van der Waals surface area (Å²) >= 11 is 0. The summed E-state index contributed by atoms with van der Waals surface area (Å²) in [5, 5.41) is 9.44. The second-order valence-electron chi connectivity index (χ2n) is 7.75. The fourth-order valence-corrected chi connectivity index (χ4v) is 4.89. The molecule has 7 heteroatoms. The molecule has 2 heterocycles.